The van der Waals surface area contributed by atoms with Crippen LogP contribution >= 0.6 is 0 Å². The molecule has 1 aromatic carbocycles. The Morgan fingerprint density at radius 3 is 2.47 bits per heavy atom. The summed E-state index contributed by atoms with van der Waals surface area (Å²) in [6, 6.07) is 9.56. The van der Waals surface area contributed by atoms with Gasteiger partial charge in [-0.2, -0.15) is 5.26 Å². The molecule has 0 aliphatic rings. The van der Waals surface area contributed by atoms with E-state index in [2.05, 4.69) is 5.32 Å². The Bertz CT molecular complexity index is 446. The number of carbonyl (C=O) groups is 1. The number of nitriles is 1. The Morgan fingerprint density at radius 1 is 1.37 bits per heavy atom. The van der Waals surface area contributed by atoms with Crippen molar-refractivity contribution >= 4 is 5.91 Å². The van der Waals surface area contributed by atoms with Crippen LogP contribution in [0.2, 0.25) is 0 Å². The van der Waals surface area contributed by atoms with Crippen LogP contribution in [-0.2, 0) is 11.3 Å². The van der Waals surface area contributed by atoms with E-state index >= 15 is 0 Å². The fourth-order valence-electron chi connectivity index (χ4n) is 1.61. The van der Waals surface area contributed by atoms with Crippen molar-refractivity contribution in [3.05, 3.63) is 29.8 Å². The first-order valence-electron chi connectivity index (χ1n) is 6.49. The van der Waals surface area contributed by atoms with Crippen molar-refractivity contribution in [2.75, 3.05) is 0 Å². The van der Waals surface area contributed by atoms with Crippen LogP contribution in [0.3, 0.4) is 0 Å². The first kappa shape index (κ1) is 15.0. The molecule has 1 aromatic rings. The summed E-state index contributed by atoms with van der Waals surface area (Å²) in [5, 5.41) is 11.5. The second kappa shape index (κ2) is 7.42. The van der Waals surface area contributed by atoms with Gasteiger partial charge in [0.1, 0.15) is 11.7 Å². The zero-order chi connectivity index (χ0) is 14.3. The molecule has 0 aliphatic carbocycles. The molecule has 0 fully saturated rings. The minimum Gasteiger partial charge on any atom is -0.491 e. The molecule has 0 saturated carbocycles. The van der Waals surface area contributed by atoms with Crippen LogP contribution in [0.1, 0.15) is 32.8 Å². The SMILES string of the molecule is CCC(C#N)C(=O)NCc1ccc(OC(C)C)cc1. The van der Waals surface area contributed by atoms with Crippen LogP contribution in [-0.4, -0.2) is 12.0 Å². The topological polar surface area (TPSA) is 62.1 Å². The maximum absolute atomic E-state index is 11.6. The van der Waals surface area contributed by atoms with Gasteiger partial charge < -0.3 is 10.1 Å². The van der Waals surface area contributed by atoms with Crippen LogP contribution < -0.4 is 10.1 Å². The van der Waals surface area contributed by atoms with Crippen molar-refractivity contribution in [2.24, 2.45) is 5.92 Å². The van der Waals surface area contributed by atoms with Crippen LogP contribution in [0.25, 0.3) is 0 Å². The molecule has 1 rings (SSSR count). The van der Waals surface area contributed by atoms with E-state index < -0.39 is 5.92 Å². The van der Waals surface area contributed by atoms with Gasteiger partial charge in [-0.1, -0.05) is 19.1 Å². The van der Waals surface area contributed by atoms with Crippen LogP contribution in [0, 0.1) is 17.2 Å². The van der Waals surface area contributed by atoms with E-state index in [0.29, 0.717) is 13.0 Å². The smallest absolute Gasteiger partial charge is 0.237 e. The summed E-state index contributed by atoms with van der Waals surface area (Å²) < 4.78 is 5.54. The van der Waals surface area contributed by atoms with Gasteiger partial charge in [0.2, 0.25) is 5.91 Å². The number of nitrogens with one attached hydrogen (secondary N) is 1. The lowest BCUT2D eigenvalue weighted by molar-refractivity contribution is -0.123. The number of nitrogens with zero attached hydrogens (tertiary/aromatic N) is 1. The molecule has 1 N–H and O–H groups in total. The first-order valence-corrected chi connectivity index (χ1v) is 6.49. The lowest BCUT2D eigenvalue weighted by atomic mass is 10.1. The van der Waals surface area contributed by atoms with Crippen LogP contribution in [0.15, 0.2) is 24.3 Å². The minimum atomic E-state index is -0.566. The van der Waals surface area contributed by atoms with E-state index in [-0.39, 0.29) is 12.0 Å². The van der Waals surface area contributed by atoms with E-state index in [4.69, 9.17) is 10.00 Å². The largest absolute Gasteiger partial charge is 0.491 e. The second-order valence-electron chi connectivity index (χ2n) is 4.62. The monoisotopic (exact) mass is 260 g/mol. The fourth-order valence-corrected chi connectivity index (χ4v) is 1.61. The van der Waals surface area contributed by atoms with E-state index in [1.54, 1.807) is 0 Å². The Morgan fingerprint density at radius 2 is 2.00 bits per heavy atom. The fraction of sp³-hybridized carbons (Fsp3) is 0.467. The summed E-state index contributed by atoms with van der Waals surface area (Å²) in [6.45, 7) is 6.20. The summed E-state index contributed by atoms with van der Waals surface area (Å²) in [4.78, 5) is 11.6. The molecule has 4 heteroatoms. The number of hydrogen-bond donors (Lipinski definition) is 1. The quantitative estimate of drug-likeness (QED) is 0.855. The molecule has 102 valence electrons. The molecular formula is C15H20N2O2. The molecule has 0 bridgehead atoms. The van der Waals surface area contributed by atoms with Crippen molar-refractivity contribution in [3.63, 3.8) is 0 Å². The second-order valence-corrected chi connectivity index (χ2v) is 4.62. The average molecular weight is 260 g/mol. The van der Waals surface area contributed by atoms with Gasteiger partial charge in [0.25, 0.3) is 0 Å². The molecule has 0 aromatic heterocycles. The highest BCUT2D eigenvalue weighted by Crippen LogP contribution is 2.13. The van der Waals surface area contributed by atoms with Crippen LogP contribution in [0.4, 0.5) is 0 Å². The van der Waals surface area contributed by atoms with E-state index in [9.17, 15) is 4.79 Å². The summed E-state index contributed by atoms with van der Waals surface area (Å²) >= 11 is 0. The maximum Gasteiger partial charge on any atom is 0.237 e. The molecule has 0 heterocycles. The van der Waals surface area contributed by atoms with Gasteiger partial charge >= 0.3 is 0 Å². The molecule has 1 amide bonds. The Kier molecular flexibility index (Phi) is 5.87. The van der Waals surface area contributed by atoms with E-state index in [0.717, 1.165) is 11.3 Å². The molecule has 0 spiro atoms. The van der Waals surface area contributed by atoms with Crippen molar-refractivity contribution in [3.8, 4) is 11.8 Å². The van der Waals surface area contributed by atoms with Gasteiger partial charge in [0.15, 0.2) is 0 Å². The summed E-state index contributed by atoms with van der Waals surface area (Å²) in [5.74, 6) is 0.0320. The van der Waals surface area contributed by atoms with Crippen molar-refractivity contribution in [1.29, 1.82) is 5.26 Å². The van der Waals surface area contributed by atoms with Crippen molar-refractivity contribution < 1.29 is 9.53 Å². The Balaban J connectivity index is 2.50. The highest BCUT2D eigenvalue weighted by atomic mass is 16.5. The molecule has 19 heavy (non-hydrogen) atoms. The first-order chi connectivity index (χ1) is 9.06. The lowest BCUT2D eigenvalue weighted by Gasteiger charge is -2.11. The molecule has 0 aliphatic heterocycles. The van der Waals surface area contributed by atoms with Gasteiger partial charge in [-0.25, -0.2) is 0 Å². The third-order valence-corrected chi connectivity index (χ3v) is 2.64. The van der Waals surface area contributed by atoms with Gasteiger partial charge in [0, 0.05) is 6.54 Å². The number of benzene rings is 1. The Hall–Kier alpha value is -2.02. The standard InChI is InChI=1S/C15H20N2O2/c1-4-13(9-16)15(18)17-10-12-5-7-14(8-6-12)19-11(2)3/h5-8,11,13H,4,10H2,1-3H3,(H,17,18). The normalized spacial score (nSPS) is 11.7. The van der Waals surface area contributed by atoms with Crippen LogP contribution in [0.5, 0.6) is 5.75 Å². The lowest BCUT2D eigenvalue weighted by Crippen LogP contribution is -2.29. The number of hydrogen-bond acceptors (Lipinski definition) is 3. The van der Waals surface area contributed by atoms with Gasteiger partial charge in [0.05, 0.1) is 12.2 Å². The zero-order valence-electron chi connectivity index (χ0n) is 11.6. The third kappa shape index (κ3) is 5.01. The summed E-state index contributed by atoms with van der Waals surface area (Å²) in [5.41, 5.74) is 0.984. The minimum absolute atomic E-state index is 0.145. The predicted molar refractivity (Wildman–Crippen MR) is 73.4 cm³/mol. The van der Waals surface area contributed by atoms with Crippen molar-refractivity contribution in [1.82, 2.24) is 5.32 Å². The average Bonchev–Trinajstić information content (AvgIpc) is 2.38. The molecule has 1 unspecified atom stereocenters. The number of rotatable bonds is 6. The number of carbonyl (C=O) groups excluding carboxylic acids is 1. The van der Waals surface area contributed by atoms with Crippen molar-refractivity contribution in [2.45, 2.75) is 39.8 Å². The maximum atomic E-state index is 11.6. The zero-order valence-corrected chi connectivity index (χ0v) is 11.6. The van der Waals surface area contributed by atoms with E-state index in [1.165, 1.54) is 0 Å². The van der Waals surface area contributed by atoms with Gasteiger partial charge in [-0.05, 0) is 38.0 Å². The molecular weight excluding hydrogens is 240 g/mol. The molecule has 0 saturated heterocycles. The Labute approximate surface area is 114 Å². The molecule has 1 atom stereocenters. The third-order valence-electron chi connectivity index (χ3n) is 2.64. The highest BCUT2D eigenvalue weighted by molar-refractivity contribution is 5.80. The molecule has 0 radical (unpaired) electrons. The highest BCUT2D eigenvalue weighted by Gasteiger charge is 2.14. The van der Waals surface area contributed by atoms with Gasteiger partial charge in [-0.15, -0.1) is 0 Å². The summed E-state index contributed by atoms with van der Waals surface area (Å²) in [7, 11) is 0. The van der Waals surface area contributed by atoms with E-state index in [1.807, 2.05) is 51.1 Å². The summed E-state index contributed by atoms with van der Waals surface area (Å²) in [6.07, 6.45) is 0.676. The number of ether oxygens (including phenoxy) is 1. The van der Waals surface area contributed by atoms with Gasteiger partial charge in [-0.3, -0.25) is 4.79 Å². The predicted octanol–water partition coefficient (Wildman–Crippen LogP) is 2.64. The number of amides is 1. The molecule has 4 nitrogen and oxygen atoms in total.